The van der Waals surface area contributed by atoms with Crippen LogP contribution in [-0.4, -0.2) is 49.2 Å². The molecule has 2 N–H and O–H groups in total. The zero-order valence-electron chi connectivity index (χ0n) is 14.0. The van der Waals surface area contributed by atoms with Crippen molar-refractivity contribution in [3.8, 4) is 0 Å². The van der Waals surface area contributed by atoms with Crippen LogP contribution in [0.25, 0.3) is 0 Å². The van der Waals surface area contributed by atoms with Crippen LogP contribution >= 0.6 is 0 Å². The number of carbonyl (C=O) groups excluding carboxylic acids is 2. The van der Waals surface area contributed by atoms with Gasteiger partial charge in [-0.15, -0.1) is 0 Å². The molecule has 7 heteroatoms. The first kappa shape index (κ1) is 18.4. The average Bonchev–Trinajstić information content (AvgIpc) is 3.33. The Balaban J connectivity index is 1.85. The second kappa shape index (κ2) is 8.75. The fourth-order valence-corrected chi connectivity index (χ4v) is 2.50. The number of amides is 3. The summed E-state index contributed by atoms with van der Waals surface area (Å²) < 4.78 is 18.7. The largest absolute Gasteiger partial charge is 0.383 e. The zero-order chi connectivity index (χ0) is 17.5. The molecule has 0 bridgehead atoms. The highest BCUT2D eigenvalue weighted by Crippen LogP contribution is 2.28. The molecule has 0 radical (unpaired) electrons. The van der Waals surface area contributed by atoms with Gasteiger partial charge in [0.1, 0.15) is 5.82 Å². The Kier molecular flexibility index (Phi) is 6.69. The van der Waals surface area contributed by atoms with Crippen LogP contribution in [0.1, 0.15) is 25.3 Å². The molecule has 1 unspecified atom stereocenters. The van der Waals surface area contributed by atoms with E-state index in [0.29, 0.717) is 18.7 Å². The summed E-state index contributed by atoms with van der Waals surface area (Å²) in [6.45, 7) is 2.56. The number of nitrogens with one attached hydrogen (secondary N) is 2. The molecule has 2 rings (SSSR count). The van der Waals surface area contributed by atoms with Crippen molar-refractivity contribution in [2.24, 2.45) is 0 Å². The number of carbonyl (C=O) groups is 2. The summed E-state index contributed by atoms with van der Waals surface area (Å²) in [4.78, 5) is 25.7. The van der Waals surface area contributed by atoms with Gasteiger partial charge in [-0.05, 0) is 25.8 Å². The molecular weight excluding hydrogens is 313 g/mol. The van der Waals surface area contributed by atoms with Crippen molar-refractivity contribution >= 4 is 11.9 Å². The summed E-state index contributed by atoms with van der Waals surface area (Å²) in [6.07, 6.45) is 1.97. The molecular formula is C17H24FN3O3. The SMILES string of the molecule is COCC(C)NC(=O)NC(=O)CN(Cc1ccccc1F)C1CC1. The molecule has 1 aliphatic rings. The molecule has 1 aromatic carbocycles. The zero-order valence-corrected chi connectivity index (χ0v) is 14.0. The number of benzene rings is 1. The number of rotatable bonds is 8. The molecule has 0 aromatic heterocycles. The predicted octanol–water partition coefficient (Wildman–Crippen LogP) is 1.65. The number of methoxy groups -OCH3 is 1. The molecule has 132 valence electrons. The summed E-state index contributed by atoms with van der Waals surface area (Å²) >= 11 is 0. The number of halogens is 1. The Morgan fingerprint density at radius 2 is 2.08 bits per heavy atom. The highest BCUT2D eigenvalue weighted by molar-refractivity contribution is 5.95. The van der Waals surface area contributed by atoms with Gasteiger partial charge in [-0.25, -0.2) is 9.18 Å². The molecule has 0 aliphatic heterocycles. The van der Waals surface area contributed by atoms with E-state index in [4.69, 9.17) is 4.74 Å². The second-order valence-corrected chi connectivity index (χ2v) is 6.11. The van der Waals surface area contributed by atoms with Crippen molar-refractivity contribution < 1.29 is 18.7 Å². The van der Waals surface area contributed by atoms with Gasteiger partial charge in [-0.2, -0.15) is 0 Å². The lowest BCUT2D eigenvalue weighted by atomic mass is 10.2. The third-order valence-corrected chi connectivity index (χ3v) is 3.79. The molecule has 0 spiro atoms. The average molecular weight is 337 g/mol. The third kappa shape index (κ3) is 5.90. The number of nitrogens with zero attached hydrogens (tertiary/aromatic N) is 1. The van der Waals surface area contributed by atoms with E-state index < -0.39 is 11.9 Å². The first-order chi connectivity index (χ1) is 11.5. The molecule has 1 saturated carbocycles. The van der Waals surface area contributed by atoms with Crippen molar-refractivity contribution in [3.05, 3.63) is 35.6 Å². The normalized spacial score (nSPS) is 15.2. The van der Waals surface area contributed by atoms with E-state index in [9.17, 15) is 14.0 Å². The molecule has 1 aromatic rings. The number of urea groups is 1. The van der Waals surface area contributed by atoms with E-state index in [1.165, 1.54) is 13.2 Å². The molecule has 3 amide bonds. The van der Waals surface area contributed by atoms with Gasteiger partial charge in [0.15, 0.2) is 0 Å². The Bertz CT molecular complexity index is 578. The fourth-order valence-electron chi connectivity index (χ4n) is 2.50. The van der Waals surface area contributed by atoms with Crippen molar-refractivity contribution in [2.45, 2.75) is 38.4 Å². The van der Waals surface area contributed by atoms with Crippen LogP contribution < -0.4 is 10.6 Å². The van der Waals surface area contributed by atoms with E-state index >= 15 is 0 Å². The van der Waals surface area contributed by atoms with Crippen LogP contribution in [0.4, 0.5) is 9.18 Å². The van der Waals surface area contributed by atoms with Crippen LogP contribution in [0.15, 0.2) is 24.3 Å². The fraction of sp³-hybridized carbons (Fsp3) is 0.529. The Hall–Kier alpha value is -1.99. The molecule has 24 heavy (non-hydrogen) atoms. The molecule has 0 saturated heterocycles. The lowest BCUT2D eigenvalue weighted by molar-refractivity contribution is -0.121. The minimum absolute atomic E-state index is 0.0606. The van der Waals surface area contributed by atoms with E-state index in [1.54, 1.807) is 25.1 Å². The summed E-state index contributed by atoms with van der Waals surface area (Å²) in [6, 6.07) is 6.05. The van der Waals surface area contributed by atoms with Crippen molar-refractivity contribution in [3.63, 3.8) is 0 Å². The highest BCUT2D eigenvalue weighted by Gasteiger charge is 2.31. The molecule has 6 nitrogen and oxygen atoms in total. The molecule has 1 aliphatic carbocycles. The Morgan fingerprint density at radius 1 is 1.38 bits per heavy atom. The Labute approximate surface area is 141 Å². The third-order valence-electron chi connectivity index (χ3n) is 3.79. The van der Waals surface area contributed by atoms with E-state index in [2.05, 4.69) is 10.6 Å². The first-order valence-electron chi connectivity index (χ1n) is 8.06. The lowest BCUT2D eigenvalue weighted by Gasteiger charge is -2.22. The maximum absolute atomic E-state index is 13.8. The second-order valence-electron chi connectivity index (χ2n) is 6.11. The summed E-state index contributed by atoms with van der Waals surface area (Å²) in [5.41, 5.74) is 0.551. The van der Waals surface area contributed by atoms with Gasteiger partial charge in [-0.3, -0.25) is 15.0 Å². The maximum Gasteiger partial charge on any atom is 0.321 e. The monoisotopic (exact) mass is 337 g/mol. The van der Waals surface area contributed by atoms with E-state index in [-0.39, 0.29) is 24.4 Å². The van der Waals surface area contributed by atoms with Gasteiger partial charge >= 0.3 is 6.03 Å². The van der Waals surface area contributed by atoms with E-state index in [0.717, 1.165) is 12.8 Å². The summed E-state index contributed by atoms with van der Waals surface area (Å²) in [5, 5.41) is 4.92. The van der Waals surface area contributed by atoms with Crippen LogP contribution in [-0.2, 0) is 16.1 Å². The number of ether oxygens (including phenoxy) is 1. The quantitative estimate of drug-likeness (QED) is 0.757. The predicted molar refractivity (Wildman–Crippen MR) is 87.8 cm³/mol. The topological polar surface area (TPSA) is 70.7 Å². The van der Waals surface area contributed by atoms with Gasteiger partial charge < -0.3 is 10.1 Å². The smallest absolute Gasteiger partial charge is 0.321 e. The van der Waals surface area contributed by atoms with Crippen molar-refractivity contribution in [1.29, 1.82) is 0 Å². The van der Waals surface area contributed by atoms with Crippen molar-refractivity contribution in [1.82, 2.24) is 15.5 Å². The summed E-state index contributed by atoms with van der Waals surface area (Å²) in [5.74, 6) is -0.685. The molecule has 1 fully saturated rings. The standard InChI is InChI=1S/C17H24FN3O3/c1-12(11-24-2)19-17(23)20-16(22)10-21(14-7-8-14)9-13-5-3-4-6-15(13)18/h3-6,12,14H,7-11H2,1-2H3,(H2,19,20,22,23). The van der Waals surface area contributed by atoms with Gasteiger partial charge in [-0.1, -0.05) is 18.2 Å². The van der Waals surface area contributed by atoms with Crippen molar-refractivity contribution in [2.75, 3.05) is 20.3 Å². The Morgan fingerprint density at radius 3 is 2.71 bits per heavy atom. The maximum atomic E-state index is 13.8. The first-order valence-corrected chi connectivity index (χ1v) is 8.06. The van der Waals surface area contributed by atoms with Crippen LogP contribution in [0, 0.1) is 5.82 Å². The minimum Gasteiger partial charge on any atom is -0.383 e. The molecule has 0 heterocycles. The van der Waals surface area contributed by atoms with Gasteiger partial charge in [0.2, 0.25) is 5.91 Å². The van der Waals surface area contributed by atoms with Gasteiger partial charge in [0, 0.05) is 25.3 Å². The number of hydrogen-bond donors (Lipinski definition) is 2. The van der Waals surface area contributed by atoms with Crippen LogP contribution in [0.2, 0.25) is 0 Å². The van der Waals surface area contributed by atoms with Gasteiger partial charge in [0.25, 0.3) is 0 Å². The van der Waals surface area contributed by atoms with Crippen LogP contribution in [0.5, 0.6) is 0 Å². The van der Waals surface area contributed by atoms with Crippen LogP contribution in [0.3, 0.4) is 0 Å². The molecule has 1 atom stereocenters. The summed E-state index contributed by atoms with van der Waals surface area (Å²) in [7, 11) is 1.54. The minimum atomic E-state index is -0.550. The van der Waals surface area contributed by atoms with E-state index in [1.807, 2.05) is 4.90 Å². The number of imide groups is 1. The van der Waals surface area contributed by atoms with Gasteiger partial charge in [0.05, 0.1) is 19.2 Å². The highest BCUT2D eigenvalue weighted by atomic mass is 19.1. The lowest BCUT2D eigenvalue weighted by Crippen LogP contribution is -2.48. The number of hydrogen-bond acceptors (Lipinski definition) is 4.